The lowest BCUT2D eigenvalue weighted by Gasteiger charge is -2.14. The van der Waals surface area contributed by atoms with Gasteiger partial charge in [-0.1, -0.05) is 95.6 Å². The lowest BCUT2D eigenvalue weighted by molar-refractivity contribution is -0.137. The van der Waals surface area contributed by atoms with Crippen LogP contribution in [0, 0.1) is 0 Å². The van der Waals surface area contributed by atoms with Gasteiger partial charge in [0.1, 0.15) is 23.7 Å². The first-order valence-corrected chi connectivity index (χ1v) is 14.5. The molecule has 1 aliphatic rings. The largest absolute Gasteiger partial charge is 0.494 e. The molecule has 0 aromatic heterocycles. The Hall–Kier alpha value is -2.79. The summed E-state index contributed by atoms with van der Waals surface area (Å²) in [6, 6.07) is 16.6. The summed E-state index contributed by atoms with van der Waals surface area (Å²) >= 11 is 0. The molecule has 1 atom stereocenters. The highest BCUT2D eigenvalue weighted by Crippen LogP contribution is 2.34. The normalized spacial score (nSPS) is 16.1. The van der Waals surface area contributed by atoms with Crippen LogP contribution in [0.2, 0.25) is 0 Å². The summed E-state index contributed by atoms with van der Waals surface area (Å²) in [5, 5.41) is 0. The Labute approximate surface area is 229 Å². The molecule has 3 rings (SSSR count). The van der Waals surface area contributed by atoms with Crippen molar-refractivity contribution < 1.29 is 23.7 Å². The maximum atomic E-state index is 11.0. The lowest BCUT2D eigenvalue weighted by atomic mass is 10.0. The van der Waals surface area contributed by atoms with Crippen LogP contribution >= 0.6 is 0 Å². The highest BCUT2D eigenvalue weighted by Gasteiger charge is 2.44. The molecule has 38 heavy (non-hydrogen) atoms. The van der Waals surface area contributed by atoms with E-state index in [4.69, 9.17) is 18.9 Å². The maximum absolute atomic E-state index is 11.0. The number of ether oxygens (including phenoxy) is 4. The molecule has 5 nitrogen and oxygen atoms in total. The van der Waals surface area contributed by atoms with Gasteiger partial charge in [0.15, 0.2) is 0 Å². The highest BCUT2D eigenvalue weighted by atomic mass is 16.6. The monoisotopic (exact) mass is 522 g/mol. The van der Waals surface area contributed by atoms with E-state index in [1.807, 2.05) is 24.3 Å². The summed E-state index contributed by atoms with van der Waals surface area (Å²) < 4.78 is 22.7. The molecule has 1 fully saturated rings. The topological polar surface area (TPSA) is 57.3 Å². The van der Waals surface area contributed by atoms with Gasteiger partial charge in [0.2, 0.25) is 0 Å². The van der Waals surface area contributed by atoms with Gasteiger partial charge in [-0.15, -0.1) is 0 Å². The fourth-order valence-electron chi connectivity index (χ4n) is 4.49. The average molecular weight is 523 g/mol. The van der Waals surface area contributed by atoms with Crippen molar-refractivity contribution in [3.63, 3.8) is 0 Å². The maximum Gasteiger partial charge on any atom is 0.330 e. The number of carbonyl (C=O) groups excluding carboxylic acids is 1. The Balaban J connectivity index is 1.26. The second-order valence-electron chi connectivity index (χ2n) is 10.3. The van der Waals surface area contributed by atoms with Crippen LogP contribution in [0.4, 0.5) is 0 Å². The van der Waals surface area contributed by atoms with Gasteiger partial charge in [0.05, 0.1) is 19.8 Å². The zero-order valence-corrected chi connectivity index (χ0v) is 23.3. The molecule has 0 aliphatic carbocycles. The van der Waals surface area contributed by atoms with Crippen LogP contribution in [0.3, 0.4) is 0 Å². The number of carbonyl (C=O) groups is 1. The fourth-order valence-corrected chi connectivity index (χ4v) is 4.49. The minimum absolute atomic E-state index is 0.0488. The summed E-state index contributed by atoms with van der Waals surface area (Å²) in [4.78, 5) is 11.0. The van der Waals surface area contributed by atoms with Gasteiger partial charge in [-0.3, -0.25) is 0 Å². The molecule has 5 heteroatoms. The minimum atomic E-state index is -0.333. The Bertz CT molecular complexity index is 931. The van der Waals surface area contributed by atoms with Crippen molar-refractivity contribution in [3.05, 3.63) is 61.2 Å². The van der Waals surface area contributed by atoms with Crippen LogP contribution in [0.5, 0.6) is 11.5 Å². The van der Waals surface area contributed by atoms with Crippen molar-refractivity contribution in [2.75, 3.05) is 26.4 Å². The third-order valence-corrected chi connectivity index (χ3v) is 7.05. The van der Waals surface area contributed by atoms with Gasteiger partial charge < -0.3 is 18.9 Å². The first kappa shape index (κ1) is 29.8. The smallest absolute Gasteiger partial charge is 0.330 e. The first-order chi connectivity index (χ1) is 18.6. The van der Waals surface area contributed by atoms with E-state index in [0.29, 0.717) is 13.2 Å². The summed E-state index contributed by atoms with van der Waals surface area (Å²) in [7, 11) is 0. The number of hydrogen-bond donors (Lipinski definition) is 0. The third kappa shape index (κ3) is 11.3. The lowest BCUT2D eigenvalue weighted by Crippen LogP contribution is -2.21. The number of unbranched alkanes of at least 4 members (excludes halogenated alkanes) is 9. The van der Waals surface area contributed by atoms with E-state index in [-0.39, 0.29) is 11.6 Å². The molecular formula is C33H46O5. The summed E-state index contributed by atoms with van der Waals surface area (Å²) in [5.74, 6) is 1.47. The number of hydrogen-bond acceptors (Lipinski definition) is 5. The average Bonchev–Trinajstić information content (AvgIpc) is 3.73. The molecule has 1 saturated heterocycles. The highest BCUT2D eigenvalue weighted by molar-refractivity contribution is 5.81. The number of rotatable bonds is 21. The van der Waals surface area contributed by atoms with Crippen LogP contribution in [0.25, 0.3) is 11.1 Å². The molecule has 1 heterocycles. The fraction of sp³-hybridized carbons (Fsp3) is 0.545. The van der Waals surface area contributed by atoms with E-state index < -0.39 is 0 Å². The van der Waals surface area contributed by atoms with E-state index in [9.17, 15) is 4.79 Å². The predicted octanol–water partition coefficient (Wildman–Crippen LogP) is 8.31. The SMILES string of the molecule is C=CC(=O)OCCCCCCCCCOc1ccc(-c2ccc(OC[C@]3(CCCCCC)CO3)cc2)cc1. The van der Waals surface area contributed by atoms with Crippen LogP contribution in [-0.2, 0) is 14.3 Å². The number of esters is 1. The van der Waals surface area contributed by atoms with Crippen LogP contribution < -0.4 is 9.47 Å². The van der Waals surface area contributed by atoms with E-state index >= 15 is 0 Å². The van der Waals surface area contributed by atoms with Gasteiger partial charge >= 0.3 is 5.97 Å². The Morgan fingerprint density at radius 2 is 1.32 bits per heavy atom. The molecule has 1 aliphatic heterocycles. The Kier molecular flexibility index (Phi) is 13.3. The van der Waals surface area contributed by atoms with Crippen LogP contribution in [0.15, 0.2) is 61.2 Å². The van der Waals surface area contributed by atoms with Crippen molar-refractivity contribution in [3.8, 4) is 22.6 Å². The van der Waals surface area contributed by atoms with Gasteiger partial charge in [-0.2, -0.15) is 0 Å². The molecule has 0 spiro atoms. The Morgan fingerprint density at radius 3 is 1.87 bits per heavy atom. The second kappa shape index (κ2) is 16.9. The molecular weight excluding hydrogens is 476 g/mol. The standard InChI is InChI=1S/C33H46O5/c1-3-5-6-12-23-33(27-38-33)26-37-31-21-17-29(18-22-31)28-15-19-30(20-16-28)35-24-13-10-8-7-9-11-14-25-36-32(34)4-2/h4,15-22H,2-3,5-14,23-27H2,1H3/t33-/m1/s1. The third-order valence-electron chi connectivity index (χ3n) is 7.05. The number of benzene rings is 2. The molecule has 2 aromatic rings. The zero-order chi connectivity index (χ0) is 26.9. The molecule has 208 valence electrons. The molecule has 0 amide bonds. The van der Waals surface area contributed by atoms with Gasteiger partial charge in [-0.25, -0.2) is 4.79 Å². The minimum Gasteiger partial charge on any atom is -0.494 e. The van der Waals surface area contributed by atoms with Crippen molar-refractivity contribution in [2.45, 2.75) is 89.6 Å². The van der Waals surface area contributed by atoms with Gasteiger partial charge in [-0.05, 0) is 54.7 Å². The molecule has 0 radical (unpaired) electrons. The van der Waals surface area contributed by atoms with Crippen LogP contribution in [-0.4, -0.2) is 38.0 Å². The van der Waals surface area contributed by atoms with Crippen LogP contribution in [0.1, 0.15) is 84.0 Å². The zero-order valence-electron chi connectivity index (χ0n) is 23.3. The summed E-state index contributed by atoms with van der Waals surface area (Å²) in [5.41, 5.74) is 2.29. The van der Waals surface area contributed by atoms with E-state index in [1.165, 1.54) is 68.6 Å². The van der Waals surface area contributed by atoms with E-state index in [1.54, 1.807) is 0 Å². The van der Waals surface area contributed by atoms with Gasteiger partial charge in [0, 0.05) is 6.08 Å². The van der Waals surface area contributed by atoms with Crippen molar-refractivity contribution in [1.29, 1.82) is 0 Å². The first-order valence-electron chi connectivity index (χ1n) is 14.5. The molecule has 2 aromatic carbocycles. The summed E-state index contributed by atoms with van der Waals surface area (Å²) in [6.07, 6.45) is 15.2. The van der Waals surface area contributed by atoms with E-state index in [0.717, 1.165) is 50.4 Å². The van der Waals surface area contributed by atoms with Crippen molar-refractivity contribution in [1.82, 2.24) is 0 Å². The molecule has 0 unspecified atom stereocenters. The van der Waals surface area contributed by atoms with Crippen molar-refractivity contribution >= 4 is 5.97 Å². The molecule has 0 bridgehead atoms. The second-order valence-corrected chi connectivity index (χ2v) is 10.3. The van der Waals surface area contributed by atoms with Gasteiger partial charge in [0.25, 0.3) is 0 Å². The quantitative estimate of drug-likeness (QED) is 0.0714. The Morgan fingerprint density at radius 1 is 0.789 bits per heavy atom. The molecule has 0 saturated carbocycles. The molecule has 0 N–H and O–H groups in total. The summed E-state index contributed by atoms with van der Waals surface area (Å²) in [6.45, 7) is 8.33. The predicted molar refractivity (Wildman–Crippen MR) is 154 cm³/mol. The van der Waals surface area contributed by atoms with E-state index in [2.05, 4.69) is 37.8 Å². The number of epoxide rings is 1. The van der Waals surface area contributed by atoms with Crippen molar-refractivity contribution in [2.24, 2.45) is 0 Å².